The van der Waals surface area contributed by atoms with Gasteiger partial charge in [-0.3, -0.25) is 4.90 Å². The molecule has 156 valence electrons. The van der Waals surface area contributed by atoms with Gasteiger partial charge in [0.25, 0.3) is 10.0 Å². The third-order valence-corrected chi connectivity index (χ3v) is 5.92. The summed E-state index contributed by atoms with van der Waals surface area (Å²) in [7, 11) is -1.99. The number of rotatable bonds is 6. The minimum Gasteiger partial charge on any atom is -0.307 e. The molecule has 1 atom stereocenters. The number of likely N-dealkylation sites (N-methyl/N-ethyl adjacent to an activating group) is 1. The van der Waals surface area contributed by atoms with E-state index in [2.05, 4.69) is 10.2 Å². The number of halogens is 1. The van der Waals surface area contributed by atoms with E-state index in [0.717, 1.165) is 24.8 Å². The van der Waals surface area contributed by atoms with E-state index in [-0.39, 0.29) is 23.7 Å². The smallest absolute Gasteiger partial charge is 0.307 e. The number of carbonyl (C=O) groups excluding carboxylic acids is 1. The maximum Gasteiger partial charge on any atom is 0.333 e. The van der Waals surface area contributed by atoms with Crippen molar-refractivity contribution in [1.82, 2.24) is 9.62 Å². The molecule has 1 aliphatic heterocycles. The topological polar surface area (TPSA) is 78.5 Å². The minimum absolute atomic E-state index is 0.0436. The van der Waals surface area contributed by atoms with Gasteiger partial charge in [0.1, 0.15) is 5.82 Å². The van der Waals surface area contributed by atoms with Gasteiger partial charge in [-0.05, 0) is 61.5 Å². The van der Waals surface area contributed by atoms with Crippen LogP contribution in [0, 0.1) is 5.82 Å². The minimum atomic E-state index is -3.93. The number of hydrogen-bond acceptors (Lipinski definition) is 4. The van der Waals surface area contributed by atoms with E-state index in [1.807, 2.05) is 39.5 Å². The summed E-state index contributed by atoms with van der Waals surface area (Å²) in [5.74, 6) is -0.467. The fraction of sp³-hybridized carbons (Fsp3) is 0.550. The Morgan fingerprint density at radius 2 is 1.79 bits per heavy atom. The third kappa shape index (κ3) is 5.78. The highest BCUT2D eigenvalue weighted by Gasteiger charge is 2.21. The summed E-state index contributed by atoms with van der Waals surface area (Å²) in [6.45, 7) is 8.47. The van der Waals surface area contributed by atoms with Crippen LogP contribution in [0.1, 0.15) is 63.5 Å². The predicted octanol–water partition coefficient (Wildman–Crippen LogP) is 4.13. The molecule has 2 rings (SSSR count). The number of nitrogens with one attached hydrogen (secondary N) is 2. The third-order valence-electron chi connectivity index (χ3n) is 4.94. The molecule has 2 amide bonds. The standard InChI is InChI=1S/C20H30FN3O3S/c1-13(2)17-11-15(21)12-18(14(3)4)19(17)22-20(25)23-28(26,27)10-8-16-7-6-9-24(16)5/h8,10-14,16H,6-7,9H2,1-5H3,(H2,22,23,25)/b10-8+/t16-/m0/s1. The molecule has 8 heteroatoms. The molecular weight excluding hydrogens is 381 g/mol. The van der Waals surface area contributed by atoms with Gasteiger partial charge in [0.2, 0.25) is 0 Å². The van der Waals surface area contributed by atoms with Gasteiger partial charge in [0.15, 0.2) is 0 Å². The quantitative estimate of drug-likeness (QED) is 0.738. The lowest BCUT2D eigenvalue weighted by molar-refractivity contribution is 0.256. The van der Waals surface area contributed by atoms with Crippen LogP contribution in [-0.4, -0.2) is 39.0 Å². The highest BCUT2D eigenvalue weighted by atomic mass is 32.2. The van der Waals surface area contributed by atoms with Crippen molar-refractivity contribution in [3.63, 3.8) is 0 Å². The second-order valence-corrected chi connectivity index (χ2v) is 9.45. The van der Waals surface area contributed by atoms with Gasteiger partial charge >= 0.3 is 6.03 Å². The van der Waals surface area contributed by atoms with Gasteiger partial charge in [-0.1, -0.05) is 33.8 Å². The van der Waals surface area contributed by atoms with Crippen molar-refractivity contribution in [3.8, 4) is 0 Å². The largest absolute Gasteiger partial charge is 0.333 e. The summed E-state index contributed by atoms with van der Waals surface area (Å²) >= 11 is 0. The van der Waals surface area contributed by atoms with Crippen LogP contribution in [0.2, 0.25) is 0 Å². The van der Waals surface area contributed by atoms with Gasteiger partial charge < -0.3 is 5.32 Å². The summed E-state index contributed by atoms with van der Waals surface area (Å²) in [4.78, 5) is 14.4. The van der Waals surface area contributed by atoms with Gasteiger partial charge in [0.05, 0.1) is 0 Å². The zero-order chi connectivity index (χ0) is 21.1. The summed E-state index contributed by atoms with van der Waals surface area (Å²) in [6.07, 6.45) is 3.50. The molecular formula is C20H30FN3O3S. The van der Waals surface area contributed by atoms with Crippen molar-refractivity contribution in [1.29, 1.82) is 0 Å². The van der Waals surface area contributed by atoms with Crippen LogP contribution in [0.5, 0.6) is 0 Å². The fourth-order valence-electron chi connectivity index (χ4n) is 3.38. The van der Waals surface area contributed by atoms with Crippen LogP contribution in [0.3, 0.4) is 0 Å². The molecule has 1 fully saturated rings. The molecule has 28 heavy (non-hydrogen) atoms. The van der Waals surface area contributed by atoms with Crippen LogP contribution in [0.25, 0.3) is 0 Å². The van der Waals surface area contributed by atoms with Crippen molar-refractivity contribution in [2.75, 3.05) is 18.9 Å². The number of anilines is 1. The van der Waals surface area contributed by atoms with E-state index >= 15 is 0 Å². The monoisotopic (exact) mass is 411 g/mol. The number of urea groups is 1. The Bertz CT molecular complexity index is 821. The number of amides is 2. The normalized spacial score (nSPS) is 18.4. The number of hydrogen-bond donors (Lipinski definition) is 2. The second-order valence-electron chi connectivity index (χ2n) is 7.89. The lowest BCUT2D eigenvalue weighted by atomic mass is 9.92. The Kier molecular flexibility index (Phi) is 7.22. The summed E-state index contributed by atoms with van der Waals surface area (Å²) in [6, 6.07) is 1.93. The van der Waals surface area contributed by atoms with Crippen molar-refractivity contribution in [2.24, 2.45) is 0 Å². The molecule has 0 unspecified atom stereocenters. The van der Waals surface area contributed by atoms with Crippen molar-refractivity contribution in [2.45, 2.75) is 58.4 Å². The Hall–Kier alpha value is -1.93. The van der Waals surface area contributed by atoms with Gasteiger partial charge in [-0.15, -0.1) is 0 Å². The Balaban J connectivity index is 2.19. The fourth-order valence-corrected chi connectivity index (χ4v) is 4.15. The molecule has 1 aromatic carbocycles. The maximum atomic E-state index is 14.0. The lowest BCUT2D eigenvalue weighted by Crippen LogP contribution is -2.34. The predicted molar refractivity (Wildman–Crippen MR) is 110 cm³/mol. The molecule has 1 aromatic rings. The van der Waals surface area contributed by atoms with Crippen LogP contribution in [0.4, 0.5) is 14.9 Å². The first-order valence-electron chi connectivity index (χ1n) is 9.55. The molecule has 0 saturated carbocycles. The molecule has 1 heterocycles. The lowest BCUT2D eigenvalue weighted by Gasteiger charge is -2.20. The van der Waals surface area contributed by atoms with Crippen LogP contribution < -0.4 is 10.0 Å². The molecule has 1 saturated heterocycles. The molecule has 6 nitrogen and oxygen atoms in total. The molecule has 0 aromatic heterocycles. The first kappa shape index (κ1) is 22.4. The molecule has 2 N–H and O–H groups in total. The highest BCUT2D eigenvalue weighted by molar-refractivity contribution is 7.92. The van der Waals surface area contributed by atoms with E-state index in [1.165, 1.54) is 12.1 Å². The molecule has 0 bridgehead atoms. The van der Waals surface area contributed by atoms with E-state index in [1.54, 1.807) is 6.08 Å². The molecule has 1 aliphatic rings. The first-order valence-corrected chi connectivity index (χ1v) is 11.1. The number of nitrogens with zero attached hydrogens (tertiary/aromatic N) is 1. The van der Waals surface area contributed by atoms with Crippen LogP contribution in [0.15, 0.2) is 23.6 Å². The van der Waals surface area contributed by atoms with Crippen LogP contribution in [-0.2, 0) is 10.0 Å². The highest BCUT2D eigenvalue weighted by Crippen LogP contribution is 2.33. The second kappa shape index (κ2) is 9.05. The SMILES string of the molecule is CC(C)c1cc(F)cc(C(C)C)c1NC(=O)NS(=O)(=O)/C=C/[C@@H]1CCCN1C. The van der Waals surface area contributed by atoms with Crippen LogP contribution >= 0.6 is 0 Å². The average Bonchev–Trinajstić information content (AvgIpc) is 2.98. The molecule has 0 aliphatic carbocycles. The van der Waals surface area contributed by atoms with Gasteiger partial charge in [-0.2, -0.15) is 0 Å². The van der Waals surface area contributed by atoms with Crippen molar-refractivity contribution < 1.29 is 17.6 Å². The zero-order valence-electron chi connectivity index (χ0n) is 17.1. The molecule has 0 radical (unpaired) electrons. The number of sulfonamides is 1. The summed E-state index contributed by atoms with van der Waals surface area (Å²) in [5, 5.41) is 3.66. The Morgan fingerprint density at radius 1 is 1.21 bits per heavy atom. The Morgan fingerprint density at radius 3 is 2.25 bits per heavy atom. The number of benzene rings is 1. The average molecular weight is 412 g/mol. The molecule has 0 spiro atoms. The van der Waals surface area contributed by atoms with Gasteiger partial charge in [-0.25, -0.2) is 22.3 Å². The zero-order valence-corrected chi connectivity index (χ0v) is 17.9. The number of likely N-dealkylation sites (tertiary alicyclic amines) is 1. The van der Waals surface area contributed by atoms with Gasteiger partial charge in [0, 0.05) is 17.1 Å². The van der Waals surface area contributed by atoms with E-state index < -0.39 is 16.1 Å². The van der Waals surface area contributed by atoms with E-state index in [0.29, 0.717) is 16.8 Å². The van der Waals surface area contributed by atoms with E-state index in [9.17, 15) is 17.6 Å². The Labute approximate surface area is 167 Å². The van der Waals surface area contributed by atoms with Crippen molar-refractivity contribution >= 4 is 21.7 Å². The number of carbonyl (C=O) groups is 1. The maximum absolute atomic E-state index is 14.0. The van der Waals surface area contributed by atoms with E-state index in [4.69, 9.17) is 0 Å². The first-order chi connectivity index (χ1) is 13.0. The van der Waals surface area contributed by atoms with Crippen molar-refractivity contribution in [3.05, 3.63) is 40.6 Å². The summed E-state index contributed by atoms with van der Waals surface area (Å²) < 4.78 is 40.5. The summed E-state index contributed by atoms with van der Waals surface area (Å²) in [5.41, 5.74) is 1.71.